The van der Waals surface area contributed by atoms with Gasteiger partial charge in [0, 0.05) is 6.54 Å². The molecule has 6 nitrogen and oxygen atoms in total. The highest BCUT2D eigenvalue weighted by Crippen LogP contribution is 2.43. The Morgan fingerprint density at radius 1 is 1.28 bits per heavy atom. The smallest absolute Gasteiger partial charge is 0.243 e. The van der Waals surface area contributed by atoms with Crippen LogP contribution >= 0.6 is 0 Å². The topological polar surface area (TPSA) is 80.4 Å². The number of aliphatic hydroxyl groups is 1. The maximum atomic E-state index is 9.49. The van der Waals surface area contributed by atoms with Gasteiger partial charge in [0.2, 0.25) is 5.89 Å². The van der Waals surface area contributed by atoms with Crippen molar-refractivity contribution in [3.63, 3.8) is 0 Å². The molecule has 0 aliphatic carbocycles. The van der Waals surface area contributed by atoms with E-state index in [2.05, 4.69) is 15.5 Å². The summed E-state index contributed by atoms with van der Waals surface area (Å²) in [5, 5.41) is 16.8. The lowest BCUT2D eigenvalue weighted by Gasteiger charge is -2.13. The summed E-state index contributed by atoms with van der Waals surface area (Å²) in [5.74, 6) is 1.68. The average molecular weight is 251 g/mol. The molecule has 0 radical (unpaired) electrons. The number of fused-ring (bicyclic) bond motifs is 2. The summed E-state index contributed by atoms with van der Waals surface area (Å²) in [6, 6.07) is 0.000703. The Kier molecular flexibility index (Phi) is 2.43. The third-order valence-corrected chi connectivity index (χ3v) is 4.30. The van der Waals surface area contributed by atoms with E-state index in [1.165, 1.54) is 6.42 Å². The zero-order valence-electron chi connectivity index (χ0n) is 10.1. The first-order valence-corrected chi connectivity index (χ1v) is 6.70. The predicted molar refractivity (Wildman–Crippen MR) is 60.9 cm³/mol. The molecule has 3 aliphatic rings. The number of nitrogens with zero attached hydrogens (tertiary/aromatic N) is 2. The van der Waals surface area contributed by atoms with Gasteiger partial charge in [-0.15, -0.1) is 0 Å². The normalized spacial score (nSPS) is 42.8. The summed E-state index contributed by atoms with van der Waals surface area (Å²) in [6.07, 6.45) is 4.31. The van der Waals surface area contributed by atoms with Crippen LogP contribution in [0, 0.1) is 0 Å². The van der Waals surface area contributed by atoms with Gasteiger partial charge in [-0.25, -0.2) is 0 Å². The Morgan fingerprint density at radius 3 is 2.89 bits per heavy atom. The number of aromatic nitrogens is 2. The van der Waals surface area contributed by atoms with Crippen molar-refractivity contribution >= 4 is 0 Å². The second-order valence-corrected chi connectivity index (χ2v) is 5.56. The van der Waals surface area contributed by atoms with E-state index < -0.39 is 0 Å². The van der Waals surface area contributed by atoms with Crippen molar-refractivity contribution in [1.82, 2.24) is 15.5 Å². The molecule has 5 atom stereocenters. The minimum atomic E-state index is -0.309. The molecule has 0 aromatic carbocycles. The van der Waals surface area contributed by atoms with E-state index in [1.54, 1.807) is 0 Å². The van der Waals surface area contributed by atoms with Crippen molar-refractivity contribution < 1.29 is 14.4 Å². The van der Waals surface area contributed by atoms with Gasteiger partial charge in [-0.2, -0.15) is 4.98 Å². The molecule has 6 heteroatoms. The van der Waals surface area contributed by atoms with Crippen molar-refractivity contribution in [3.8, 4) is 0 Å². The van der Waals surface area contributed by atoms with Gasteiger partial charge in [-0.1, -0.05) is 5.16 Å². The highest BCUT2D eigenvalue weighted by atomic mass is 16.5. The molecule has 2 N–H and O–H groups in total. The highest BCUT2D eigenvalue weighted by Gasteiger charge is 2.44. The van der Waals surface area contributed by atoms with E-state index in [0.717, 1.165) is 18.7 Å². The fourth-order valence-corrected chi connectivity index (χ4v) is 3.35. The Bertz CT molecular complexity index is 450. The molecule has 1 aromatic heterocycles. The molecule has 18 heavy (non-hydrogen) atoms. The van der Waals surface area contributed by atoms with Crippen molar-refractivity contribution in [3.05, 3.63) is 11.7 Å². The van der Waals surface area contributed by atoms with E-state index in [-0.39, 0.29) is 18.2 Å². The van der Waals surface area contributed by atoms with Crippen LogP contribution in [0.25, 0.3) is 0 Å². The summed E-state index contributed by atoms with van der Waals surface area (Å²) in [4.78, 5) is 4.50. The molecule has 4 heterocycles. The summed E-state index contributed by atoms with van der Waals surface area (Å²) in [6.45, 7) is 0.597. The van der Waals surface area contributed by atoms with Crippen molar-refractivity contribution in [2.75, 3.05) is 6.54 Å². The first-order valence-electron chi connectivity index (χ1n) is 6.70. The van der Waals surface area contributed by atoms with E-state index >= 15 is 0 Å². The van der Waals surface area contributed by atoms with Gasteiger partial charge in [-0.3, -0.25) is 0 Å². The van der Waals surface area contributed by atoms with Gasteiger partial charge >= 0.3 is 0 Å². The lowest BCUT2D eigenvalue weighted by Crippen LogP contribution is -2.17. The Labute approximate surface area is 105 Å². The first kappa shape index (κ1) is 10.9. The molecule has 0 saturated carbocycles. The third-order valence-electron chi connectivity index (χ3n) is 4.30. The fraction of sp³-hybridized carbons (Fsp3) is 0.833. The lowest BCUT2D eigenvalue weighted by molar-refractivity contribution is 0.0996. The minimum Gasteiger partial charge on any atom is -0.392 e. The van der Waals surface area contributed by atoms with Crippen LogP contribution < -0.4 is 5.32 Å². The maximum absolute atomic E-state index is 9.49. The molecule has 98 valence electrons. The number of hydrogen-bond acceptors (Lipinski definition) is 6. The SMILES string of the molecule is O[C@H]1CN[C@H](c2nc(C3CC4CCC3O4)no2)C1. The average Bonchev–Trinajstić information content (AvgIpc) is 3.12. The Hall–Kier alpha value is -0.980. The molecule has 1 aromatic rings. The van der Waals surface area contributed by atoms with Gasteiger partial charge in [0.25, 0.3) is 0 Å². The van der Waals surface area contributed by atoms with Crippen LogP contribution in [0.3, 0.4) is 0 Å². The van der Waals surface area contributed by atoms with Crippen LogP contribution in [-0.4, -0.2) is 40.1 Å². The highest BCUT2D eigenvalue weighted by molar-refractivity contribution is 5.08. The Morgan fingerprint density at radius 2 is 2.22 bits per heavy atom. The number of hydrogen-bond donors (Lipinski definition) is 2. The number of rotatable bonds is 2. The first-order chi connectivity index (χ1) is 8.79. The number of β-amino-alcohol motifs (C(OH)–C–C–N with tert-alkyl or cyclic N) is 1. The van der Waals surface area contributed by atoms with Gasteiger partial charge < -0.3 is 19.7 Å². The van der Waals surface area contributed by atoms with Crippen LogP contribution in [0.15, 0.2) is 4.52 Å². The predicted octanol–water partition coefficient (Wildman–Crippen LogP) is 0.500. The summed E-state index contributed by atoms with van der Waals surface area (Å²) >= 11 is 0. The van der Waals surface area contributed by atoms with Gasteiger partial charge in [0.15, 0.2) is 5.82 Å². The fourth-order valence-electron chi connectivity index (χ4n) is 3.35. The second kappa shape index (κ2) is 4.01. The van der Waals surface area contributed by atoms with Crippen LogP contribution in [-0.2, 0) is 4.74 Å². The number of aliphatic hydroxyl groups excluding tert-OH is 1. The molecule has 3 saturated heterocycles. The zero-order chi connectivity index (χ0) is 12.1. The largest absolute Gasteiger partial charge is 0.392 e. The lowest BCUT2D eigenvalue weighted by atomic mass is 9.89. The quantitative estimate of drug-likeness (QED) is 0.796. The van der Waals surface area contributed by atoms with Crippen LogP contribution in [0.5, 0.6) is 0 Å². The monoisotopic (exact) mass is 251 g/mol. The van der Waals surface area contributed by atoms with Crippen LogP contribution in [0.4, 0.5) is 0 Å². The molecule has 3 unspecified atom stereocenters. The van der Waals surface area contributed by atoms with E-state index in [4.69, 9.17) is 9.26 Å². The third kappa shape index (κ3) is 1.67. The van der Waals surface area contributed by atoms with Crippen molar-refractivity contribution in [1.29, 1.82) is 0 Å². The summed E-state index contributed by atoms with van der Waals surface area (Å²) in [5.41, 5.74) is 0. The van der Waals surface area contributed by atoms with Gasteiger partial charge in [-0.05, 0) is 25.7 Å². The van der Waals surface area contributed by atoms with Gasteiger partial charge in [0.05, 0.1) is 30.3 Å². The second-order valence-electron chi connectivity index (χ2n) is 5.56. The molecular formula is C12H17N3O3. The maximum Gasteiger partial charge on any atom is 0.243 e. The molecule has 0 amide bonds. The molecule has 2 bridgehead atoms. The van der Waals surface area contributed by atoms with E-state index in [9.17, 15) is 5.11 Å². The molecule has 3 aliphatic heterocycles. The number of ether oxygens (including phenoxy) is 1. The Balaban J connectivity index is 1.52. The molecule has 4 rings (SSSR count). The van der Waals surface area contributed by atoms with Crippen LogP contribution in [0.1, 0.15) is 49.4 Å². The number of nitrogens with one attached hydrogen (secondary N) is 1. The van der Waals surface area contributed by atoms with Crippen LogP contribution in [0.2, 0.25) is 0 Å². The molecule has 0 spiro atoms. The van der Waals surface area contributed by atoms with Gasteiger partial charge in [0.1, 0.15) is 0 Å². The summed E-state index contributed by atoms with van der Waals surface area (Å²) < 4.78 is 11.1. The minimum absolute atomic E-state index is 0.000703. The van der Waals surface area contributed by atoms with Crippen molar-refractivity contribution in [2.45, 2.75) is 56.0 Å². The van der Waals surface area contributed by atoms with Crippen molar-refractivity contribution in [2.24, 2.45) is 0 Å². The van der Waals surface area contributed by atoms with E-state index in [0.29, 0.717) is 30.9 Å². The zero-order valence-corrected chi connectivity index (χ0v) is 10.1. The standard InChI is InChI=1S/C12H17N3O3/c16-6-3-9(13-5-6)12-14-11(15-18-12)8-4-7-1-2-10(8)17-7/h6-10,13,16H,1-5H2/t6-,7?,8?,9+,10?/m1/s1. The summed E-state index contributed by atoms with van der Waals surface area (Å²) in [7, 11) is 0. The molecule has 3 fully saturated rings. The van der Waals surface area contributed by atoms with E-state index in [1.807, 2.05) is 0 Å². The molecular weight excluding hydrogens is 234 g/mol.